The van der Waals surface area contributed by atoms with Crippen LogP contribution in [0.25, 0.3) is 0 Å². The van der Waals surface area contributed by atoms with Gasteiger partial charge in [0.2, 0.25) is 0 Å². The molecule has 18 heavy (non-hydrogen) atoms. The molecule has 0 saturated heterocycles. The highest BCUT2D eigenvalue weighted by atomic mass is 16.4. The van der Waals surface area contributed by atoms with Crippen LogP contribution in [-0.2, 0) is 17.8 Å². The normalized spacial score (nSPS) is 10.8. The van der Waals surface area contributed by atoms with Crippen molar-refractivity contribution in [3.8, 4) is 0 Å². The molecule has 0 aromatic heterocycles. The molecule has 0 spiro atoms. The van der Waals surface area contributed by atoms with Crippen molar-refractivity contribution in [3.63, 3.8) is 0 Å². The molecule has 1 aromatic carbocycles. The fourth-order valence-electron chi connectivity index (χ4n) is 1.82. The van der Waals surface area contributed by atoms with Gasteiger partial charge in [0.05, 0.1) is 6.42 Å². The van der Waals surface area contributed by atoms with Crippen molar-refractivity contribution in [3.05, 3.63) is 35.4 Å². The second-order valence-electron chi connectivity index (χ2n) is 5.10. The van der Waals surface area contributed by atoms with E-state index in [1.807, 2.05) is 24.3 Å². The second kappa shape index (κ2) is 7.88. The summed E-state index contributed by atoms with van der Waals surface area (Å²) in [5, 5.41) is 12.1. The van der Waals surface area contributed by atoms with E-state index in [-0.39, 0.29) is 6.42 Å². The standard InChI is InChI=1S/C15H23NO2/c1-12(2)4-3-9-16-11-14-7-5-13(6-8-14)10-15(17)18/h5-8,12,16H,3-4,9-11H2,1-2H3,(H,17,18). The Bertz CT molecular complexity index is 357. The van der Waals surface area contributed by atoms with Gasteiger partial charge in [-0.3, -0.25) is 4.79 Å². The van der Waals surface area contributed by atoms with Crippen LogP contribution in [0.4, 0.5) is 0 Å². The largest absolute Gasteiger partial charge is 0.481 e. The quantitative estimate of drug-likeness (QED) is 0.696. The van der Waals surface area contributed by atoms with E-state index in [0.717, 1.165) is 24.6 Å². The van der Waals surface area contributed by atoms with E-state index in [2.05, 4.69) is 19.2 Å². The van der Waals surface area contributed by atoms with E-state index >= 15 is 0 Å². The van der Waals surface area contributed by atoms with Crippen molar-refractivity contribution >= 4 is 5.97 Å². The summed E-state index contributed by atoms with van der Waals surface area (Å²) in [4.78, 5) is 10.5. The van der Waals surface area contributed by atoms with Gasteiger partial charge in [-0.1, -0.05) is 38.1 Å². The molecule has 1 aromatic rings. The highest BCUT2D eigenvalue weighted by molar-refractivity contribution is 5.70. The maximum atomic E-state index is 10.5. The van der Waals surface area contributed by atoms with Crippen LogP contribution >= 0.6 is 0 Å². The molecule has 0 aliphatic carbocycles. The summed E-state index contributed by atoms with van der Waals surface area (Å²) in [5.41, 5.74) is 2.06. The van der Waals surface area contributed by atoms with Gasteiger partial charge >= 0.3 is 5.97 Å². The van der Waals surface area contributed by atoms with Gasteiger partial charge in [0.15, 0.2) is 0 Å². The minimum Gasteiger partial charge on any atom is -0.481 e. The van der Waals surface area contributed by atoms with Crippen LogP contribution < -0.4 is 5.32 Å². The topological polar surface area (TPSA) is 49.3 Å². The van der Waals surface area contributed by atoms with Gasteiger partial charge in [0.1, 0.15) is 0 Å². The van der Waals surface area contributed by atoms with Gasteiger partial charge in [0, 0.05) is 6.54 Å². The molecule has 3 nitrogen and oxygen atoms in total. The van der Waals surface area contributed by atoms with Crippen molar-refractivity contribution in [1.29, 1.82) is 0 Å². The Kier molecular flexibility index (Phi) is 6.44. The van der Waals surface area contributed by atoms with E-state index < -0.39 is 5.97 Å². The highest BCUT2D eigenvalue weighted by Crippen LogP contribution is 2.06. The maximum Gasteiger partial charge on any atom is 0.307 e. The van der Waals surface area contributed by atoms with E-state index in [1.54, 1.807) is 0 Å². The lowest BCUT2D eigenvalue weighted by Crippen LogP contribution is -2.15. The number of hydrogen-bond donors (Lipinski definition) is 2. The average molecular weight is 249 g/mol. The molecule has 0 aliphatic rings. The third-order valence-corrected chi connectivity index (χ3v) is 2.84. The number of rotatable bonds is 8. The average Bonchev–Trinajstić information content (AvgIpc) is 2.30. The number of carboxylic acids is 1. The monoisotopic (exact) mass is 249 g/mol. The number of carboxylic acid groups (broad SMARTS) is 1. The molecule has 0 unspecified atom stereocenters. The predicted octanol–water partition coefficient (Wildman–Crippen LogP) is 2.84. The van der Waals surface area contributed by atoms with Crippen molar-refractivity contribution in [2.24, 2.45) is 5.92 Å². The first-order chi connectivity index (χ1) is 8.58. The van der Waals surface area contributed by atoms with Gasteiger partial charge in [-0.2, -0.15) is 0 Å². The third kappa shape index (κ3) is 6.40. The van der Waals surface area contributed by atoms with Crippen molar-refractivity contribution < 1.29 is 9.90 Å². The van der Waals surface area contributed by atoms with Crippen LogP contribution in [0.1, 0.15) is 37.8 Å². The van der Waals surface area contributed by atoms with Crippen LogP contribution in [-0.4, -0.2) is 17.6 Å². The molecule has 0 fully saturated rings. The predicted molar refractivity (Wildman–Crippen MR) is 73.6 cm³/mol. The lowest BCUT2D eigenvalue weighted by atomic mass is 10.1. The molecule has 100 valence electrons. The number of carbonyl (C=O) groups is 1. The first-order valence-electron chi connectivity index (χ1n) is 6.58. The molecule has 0 saturated carbocycles. The molecule has 0 bridgehead atoms. The Morgan fingerprint density at radius 2 is 1.83 bits per heavy atom. The first-order valence-corrected chi connectivity index (χ1v) is 6.58. The lowest BCUT2D eigenvalue weighted by Gasteiger charge is -2.07. The smallest absolute Gasteiger partial charge is 0.307 e. The van der Waals surface area contributed by atoms with Crippen LogP contribution in [0.5, 0.6) is 0 Å². The zero-order valence-corrected chi connectivity index (χ0v) is 11.3. The van der Waals surface area contributed by atoms with Crippen molar-refractivity contribution in [2.45, 2.75) is 39.7 Å². The molecular formula is C15H23NO2. The fourth-order valence-corrected chi connectivity index (χ4v) is 1.82. The fraction of sp³-hybridized carbons (Fsp3) is 0.533. The summed E-state index contributed by atoms with van der Waals surface area (Å²) in [5.74, 6) is -0.0170. The molecule has 2 N–H and O–H groups in total. The van der Waals surface area contributed by atoms with Gasteiger partial charge in [0.25, 0.3) is 0 Å². The van der Waals surface area contributed by atoms with E-state index in [4.69, 9.17) is 5.11 Å². The lowest BCUT2D eigenvalue weighted by molar-refractivity contribution is -0.136. The summed E-state index contributed by atoms with van der Waals surface area (Å²) in [6.45, 7) is 6.36. The van der Waals surface area contributed by atoms with Crippen LogP contribution in [0.3, 0.4) is 0 Å². The molecule has 0 atom stereocenters. The number of aliphatic carboxylic acids is 1. The number of benzene rings is 1. The summed E-state index contributed by atoms with van der Waals surface area (Å²) in [7, 11) is 0. The highest BCUT2D eigenvalue weighted by Gasteiger charge is 2.00. The summed E-state index contributed by atoms with van der Waals surface area (Å²) < 4.78 is 0. The Labute approximate surface area is 109 Å². The first kappa shape index (κ1) is 14.7. The number of hydrogen-bond acceptors (Lipinski definition) is 2. The molecule has 0 radical (unpaired) electrons. The van der Waals surface area contributed by atoms with Gasteiger partial charge in [-0.25, -0.2) is 0 Å². The maximum absolute atomic E-state index is 10.5. The minimum absolute atomic E-state index is 0.0993. The van der Waals surface area contributed by atoms with Gasteiger partial charge in [-0.05, 0) is 36.4 Å². The van der Waals surface area contributed by atoms with E-state index in [9.17, 15) is 4.79 Å². The van der Waals surface area contributed by atoms with E-state index in [0.29, 0.717) is 0 Å². The summed E-state index contributed by atoms with van der Waals surface area (Å²) in [6, 6.07) is 7.76. The van der Waals surface area contributed by atoms with Crippen LogP contribution in [0.2, 0.25) is 0 Å². The Balaban J connectivity index is 2.24. The molecule has 0 heterocycles. The van der Waals surface area contributed by atoms with Crippen LogP contribution in [0, 0.1) is 5.92 Å². The van der Waals surface area contributed by atoms with Gasteiger partial charge < -0.3 is 10.4 Å². The van der Waals surface area contributed by atoms with Crippen LogP contribution in [0.15, 0.2) is 24.3 Å². The zero-order valence-electron chi connectivity index (χ0n) is 11.3. The third-order valence-electron chi connectivity index (χ3n) is 2.84. The Morgan fingerprint density at radius 1 is 1.22 bits per heavy atom. The molecular weight excluding hydrogens is 226 g/mol. The Morgan fingerprint density at radius 3 is 2.39 bits per heavy atom. The van der Waals surface area contributed by atoms with Crippen molar-refractivity contribution in [1.82, 2.24) is 5.32 Å². The van der Waals surface area contributed by atoms with Gasteiger partial charge in [-0.15, -0.1) is 0 Å². The summed E-state index contributed by atoms with van der Waals surface area (Å²) >= 11 is 0. The number of nitrogens with one attached hydrogen (secondary N) is 1. The van der Waals surface area contributed by atoms with E-state index in [1.165, 1.54) is 18.4 Å². The molecule has 0 amide bonds. The summed E-state index contributed by atoms with van der Waals surface area (Å²) in [6.07, 6.45) is 2.56. The SMILES string of the molecule is CC(C)CCCNCc1ccc(CC(=O)O)cc1. The zero-order chi connectivity index (χ0) is 13.4. The van der Waals surface area contributed by atoms with Crippen molar-refractivity contribution in [2.75, 3.05) is 6.54 Å². The Hall–Kier alpha value is -1.35. The molecule has 1 rings (SSSR count). The minimum atomic E-state index is -0.783. The molecule has 0 aliphatic heterocycles. The second-order valence-corrected chi connectivity index (χ2v) is 5.10. The molecule has 3 heteroatoms.